The van der Waals surface area contributed by atoms with Crippen LogP contribution in [0.2, 0.25) is 0 Å². The molecular weight excluding hydrogens is 279 g/mol. The molecule has 0 saturated carbocycles. The van der Waals surface area contributed by atoms with Gasteiger partial charge in [-0.3, -0.25) is 14.3 Å². The topological polar surface area (TPSA) is 34.9 Å². The van der Waals surface area contributed by atoms with Crippen molar-refractivity contribution in [3.8, 4) is 5.69 Å². The minimum absolute atomic E-state index is 0.178. The molecule has 112 valence electrons. The molecule has 3 nitrogen and oxygen atoms in total. The van der Waals surface area contributed by atoms with Crippen molar-refractivity contribution in [2.24, 2.45) is 0 Å². The zero-order valence-electron chi connectivity index (χ0n) is 12.8. The summed E-state index contributed by atoms with van der Waals surface area (Å²) in [6, 6.07) is 8.23. The fourth-order valence-electron chi connectivity index (χ4n) is 2.61. The number of benzene rings is 1. The molecule has 0 spiro atoms. The van der Waals surface area contributed by atoms with Crippen molar-refractivity contribution >= 4 is 10.9 Å². The number of nitrogens with zero attached hydrogens (tertiary/aromatic N) is 2. The van der Waals surface area contributed by atoms with Crippen molar-refractivity contribution in [3.05, 3.63) is 70.0 Å². The summed E-state index contributed by atoms with van der Waals surface area (Å²) in [5, 5.41) is 0.509. The largest absolute Gasteiger partial charge is 0.280 e. The van der Waals surface area contributed by atoms with E-state index in [0.29, 0.717) is 10.9 Å². The van der Waals surface area contributed by atoms with E-state index in [9.17, 15) is 9.18 Å². The second kappa shape index (κ2) is 5.37. The molecule has 3 aromatic rings. The maximum Gasteiger partial charge on any atom is 0.264 e. The van der Waals surface area contributed by atoms with E-state index >= 15 is 0 Å². The van der Waals surface area contributed by atoms with Crippen molar-refractivity contribution in [3.63, 3.8) is 0 Å². The number of aromatic nitrogens is 2. The number of hydrogen-bond donors (Lipinski definition) is 0. The van der Waals surface area contributed by atoms with Crippen LogP contribution in [0.1, 0.15) is 30.9 Å². The van der Waals surface area contributed by atoms with Gasteiger partial charge in [-0.05, 0) is 48.2 Å². The first-order valence-electron chi connectivity index (χ1n) is 7.26. The van der Waals surface area contributed by atoms with Crippen LogP contribution in [0.4, 0.5) is 4.39 Å². The highest BCUT2D eigenvalue weighted by Gasteiger charge is 2.15. The van der Waals surface area contributed by atoms with Crippen molar-refractivity contribution < 1.29 is 4.39 Å². The monoisotopic (exact) mass is 296 g/mol. The van der Waals surface area contributed by atoms with E-state index in [-0.39, 0.29) is 17.2 Å². The van der Waals surface area contributed by atoms with E-state index in [1.807, 2.05) is 20.8 Å². The van der Waals surface area contributed by atoms with Crippen LogP contribution in [0.25, 0.3) is 16.6 Å². The predicted molar refractivity (Wildman–Crippen MR) is 86.1 cm³/mol. The summed E-state index contributed by atoms with van der Waals surface area (Å²) in [7, 11) is 0. The maximum atomic E-state index is 14.2. The van der Waals surface area contributed by atoms with Crippen LogP contribution in [-0.2, 0) is 0 Å². The minimum atomic E-state index is -0.411. The summed E-state index contributed by atoms with van der Waals surface area (Å²) >= 11 is 0. The average molecular weight is 296 g/mol. The maximum absolute atomic E-state index is 14.2. The van der Waals surface area contributed by atoms with Crippen LogP contribution in [0.3, 0.4) is 0 Å². The van der Waals surface area contributed by atoms with Gasteiger partial charge >= 0.3 is 0 Å². The summed E-state index contributed by atoms with van der Waals surface area (Å²) in [6.45, 7) is 5.94. The molecule has 1 aromatic carbocycles. The van der Waals surface area contributed by atoms with E-state index in [4.69, 9.17) is 0 Å². The molecule has 4 heteroatoms. The van der Waals surface area contributed by atoms with Crippen molar-refractivity contribution in [2.45, 2.75) is 26.7 Å². The summed E-state index contributed by atoms with van der Waals surface area (Å²) in [5.41, 5.74) is 2.54. The first kappa shape index (κ1) is 14.4. The fraction of sp³-hybridized carbons (Fsp3) is 0.222. The van der Waals surface area contributed by atoms with Crippen LogP contribution in [0, 0.1) is 12.7 Å². The standard InChI is InChI=1S/C18H17FN2O/c1-11(2)14-10-21(16-9-12(3)6-7-15(16)19)18(22)13-5-4-8-20-17(13)14/h4-11H,1-3H3. The summed E-state index contributed by atoms with van der Waals surface area (Å²) in [6.07, 6.45) is 3.38. The van der Waals surface area contributed by atoms with Gasteiger partial charge in [-0.25, -0.2) is 4.39 Å². The van der Waals surface area contributed by atoms with Crippen molar-refractivity contribution in [2.75, 3.05) is 0 Å². The molecule has 0 aliphatic carbocycles. The van der Waals surface area contributed by atoms with Gasteiger partial charge in [0.15, 0.2) is 0 Å². The Balaban J connectivity index is 2.43. The molecule has 0 unspecified atom stereocenters. The zero-order chi connectivity index (χ0) is 15.9. The summed E-state index contributed by atoms with van der Waals surface area (Å²) in [4.78, 5) is 17.1. The molecule has 2 heterocycles. The molecule has 0 radical (unpaired) electrons. The van der Waals surface area contributed by atoms with Gasteiger partial charge in [0.2, 0.25) is 0 Å². The highest BCUT2D eigenvalue weighted by atomic mass is 19.1. The Hall–Kier alpha value is -2.49. The molecule has 0 N–H and O–H groups in total. The van der Waals surface area contributed by atoms with Crippen LogP contribution in [0.15, 0.2) is 47.5 Å². The number of pyridine rings is 2. The predicted octanol–water partition coefficient (Wildman–Crippen LogP) is 3.96. The van der Waals surface area contributed by atoms with E-state index in [1.165, 1.54) is 10.6 Å². The highest BCUT2D eigenvalue weighted by Crippen LogP contribution is 2.23. The average Bonchev–Trinajstić information content (AvgIpc) is 2.50. The van der Waals surface area contributed by atoms with Crippen LogP contribution >= 0.6 is 0 Å². The van der Waals surface area contributed by atoms with Gasteiger partial charge in [-0.2, -0.15) is 0 Å². The molecule has 0 aliphatic heterocycles. The third kappa shape index (κ3) is 2.30. The Morgan fingerprint density at radius 3 is 2.73 bits per heavy atom. The molecule has 0 aliphatic rings. The Kier molecular flexibility index (Phi) is 3.53. The van der Waals surface area contributed by atoms with Gasteiger partial charge in [0.1, 0.15) is 5.82 Å². The molecule has 2 aromatic heterocycles. The number of fused-ring (bicyclic) bond motifs is 1. The molecule has 0 amide bonds. The van der Waals surface area contributed by atoms with Crippen molar-refractivity contribution in [1.29, 1.82) is 0 Å². The second-order valence-corrected chi connectivity index (χ2v) is 5.77. The van der Waals surface area contributed by atoms with Gasteiger partial charge in [-0.1, -0.05) is 19.9 Å². The quantitative estimate of drug-likeness (QED) is 0.717. The summed E-state index contributed by atoms with van der Waals surface area (Å²) in [5.74, 6) is -0.234. The number of rotatable bonds is 2. The van der Waals surface area contributed by atoms with E-state index in [2.05, 4.69) is 4.98 Å². The Bertz CT molecular complexity index is 913. The third-order valence-electron chi connectivity index (χ3n) is 3.78. The fourth-order valence-corrected chi connectivity index (χ4v) is 2.61. The number of aryl methyl sites for hydroxylation is 1. The smallest absolute Gasteiger partial charge is 0.264 e. The van der Waals surface area contributed by atoms with Crippen LogP contribution in [-0.4, -0.2) is 9.55 Å². The lowest BCUT2D eigenvalue weighted by Crippen LogP contribution is -2.21. The molecule has 3 rings (SSSR count). The summed E-state index contributed by atoms with van der Waals surface area (Å²) < 4.78 is 15.6. The van der Waals surface area contributed by atoms with E-state index in [1.54, 1.807) is 36.7 Å². The first-order valence-corrected chi connectivity index (χ1v) is 7.26. The highest BCUT2D eigenvalue weighted by molar-refractivity contribution is 5.81. The number of halogens is 1. The lowest BCUT2D eigenvalue weighted by Gasteiger charge is -2.14. The van der Waals surface area contributed by atoms with Gasteiger partial charge in [0.05, 0.1) is 16.6 Å². The van der Waals surface area contributed by atoms with E-state index < -0.39 is 5.82 Å². The lowest BCUT2D eigenvalue weighted by molar-refractivity contribution is 0.615. The van der Waals surface area contributed by atoms with Gasteiger partial charge in [0, 0.05) is 12.4 Å². The molecule has 0 saturated heterocycles. The number of hydrogen-bond acceptors (Lipinski definition) is 2. The third-order valence-corrected chi connectivity index (χ3v) is 3.78. The normalized spacial score (nSPS) is 11.3. The van der Waals surface area contributed by atoms with E-state index in [0.717, 1.165) is 11.1 Å². The minimum Gasteiger partial charge on any atom is -0.280 e. The first-order chi connectivity index (χ1) is 10.5. The second-order valence-electron chi connectivity index (χ2n) is 5.77. The molecule has 0 atom stereocenters. The molecule has 22 heavy (non-hydrogen) atoms. The Morgan fingerprint density at radius 1 is 1.23 bits per heavy atom. The molecule has 0 bridgehead atoms. The lowest BCUT2D eigenvalue weighted by atomic mass is 10.0. The van der Waals surface area contributed by atoms with Gasteiger partial charge in [0.25, 0.3) is 5.56 Å². The Morgan fingerprint density at radius 2 is 2.00 bits per heavy atom. The Labute approximate surface area is 128 Å². The van der Waals surface area contributed by atoms with Crippen LogP contribution < -0.4 is 5.56 Å². The van der Waals surface area contributed by atoms with Crippen LogP contribution in [0.5, 0.6) is 0 Å². The van der Waals surface area contributed by atoms with Crippen molar-refractivity contribution in [1.82, 2.24) is 9.55 Å². The molecular formula is C18H17FN2O. The van der Waals surface area contributed by atoms with Gasteiger partial charge in [-0.15, -0.1) is 0 Å². The van der Waals surface area contributed by atoms with Gasteiger partial charge < -0.3 is 0 Å². The molecule has 0 fully saturated rings. The zero-order valence-corrected chi connectivity index (χ0v) is 12.8. The SMILES string of the molecule is Cc1ccc(F)c(-n2cc(C(C)C)c3ncccc3c2=O)c1.